The number of aliphatic carboxylic acids is 1. The van der Waals surface area contributed by atoms with Crippen molar-refractivity contribution in [1.29, 1.82) is 0 Å². The Kier molecular flexibility index (Phi) is 5.66. The van der Waals surface area contributed by atoms with Gasteiger partial charge in [-0.3, -0.25) is 9.59 Å². The van der Waals surface area contributed by atoms with E-state index in [9.17, 15) is 14.7 Å². The molecule has 2 aromatic carbocycles. The summed E-state index contributed by atoms with van der Waals surface area (Å²) in [7, 11) is 0. The Hall–Kier alpha value is -2.40. The molecular weight excluding hydrogens is 318 g/mol. The van der Waals surface area contributed by atoms with Gasteiger partial charge in [0.15, 0.2) is 0 Å². The van der Waals surface area contributed by atoms with Crippen molar-refractivity contribution in [2.75, 3.05) is 6.61 Å². The molecule has 132 valence electrons. The first-order valence-corrected chi connectivity index (χ1v) is 8.74. The van der Waals surface area contributed by atoms with Crippen LogP contribution in [-0.2, 0) is 14.3 Å². The van der Waals surface area contributed by atoms with Crippen LogP contribution in [0.4, 0.5) is 0 Å². The number of ether oxygens (including phenoxy) is 1. The smallest absolute Gasteiger partial charge is 0.305 e. The Bertz CT molecular complexity index is 747. The predicted molar refractivity (Wildman–Crippen MR) is 95.3 cm³/mol. The topological polar surface area (TPSA) is 75.6 Å². The van der Waals surface area contributed by atoms with Crippen molar-refractivity contribution >= 4 is 22.6 Å². The van der Waals surface area contributed by atoms with E-state index in [-0.39, 0.29) is 18.4 Å². The van der Waals surface area contributed by atoms with Gasteiger partial charge in [-0.1, -0.05) is 42.5 Å². The van der Waals surface area contributed by atoms with Crippen LogP contribution in [0.5, 0.6) is 0 Å². The summed E-state index contributed by atoms with van der Waals surface area (Å²) in [6.07, 6.45) is 3.09. The number of nitrogens with one attached hydrogen (secondary N) is 1. The van der Waals surface area contributed by atoms with Gasteiger partial charge in [0.05, 0.1) is 18.6 Å². The van der Waals surface area contributed by atoms with Crippen molar-refractivity contribution in [3.8, 4) is 0 Å². The summed E-state index contributed by atoms with van der Waals surface area (Å²) in [6.45, 7) is 0.768. The fourth-order valence-corrected chi connectivity index (χ4v) is 3.40. The molecule has 0 radical (unpaired) electrons. The minimum absolute atomic E-state index is 0.130. The van der Waals surface area contributed by atoms with Gasteiger partial charge in [0.2, 0.25) is 5.91 Å². The normalized spacial score (nSPS) is 18.2. The van der Waals surface area contributed by atoms with E-state index in [0.29, 0.717) is 12.8 Å². The van der Waals surface area contributed by atoms with Crippen LogP contribution in [0, 0.1) is 0 Å². The van der Waals surface area contributed by atoms with E-state index in [1.165, 1.54) is 0 Å². The molecule has 0 bridgehead atoms. The number of amides is 1. The lowest BCUT2D eigenvalue weighted by Gasteiger charge is -2.20. The molecule has 1 aliphatic rings. The number of carbonyl (C=O) groups excluding carboxylic acids is 1. The summed E-state index contributed by atoms with van der Waals surface area (Å²) in [5.41, 5.74) is 0.839. The Morgan fingerprint density at radius 2 is 2.00 bits per heavy atom. The summed E-state index contributed by atoms with van der Waals surface area (Å²) in [4.78, 5) is 23.6. The van der Waals surface area contributed by atoms with Crippen LogP contribution in [0.3, 0.4) is 0 Å². The van der Waals surface area contributed by atoms with Crippen molar-refractivity contribution in [2.24, 2.45) is 0 Å². The molecule has 2 atom stereocenters. The molecule has 0 saturated carbocycles. The second-order valence-corrected chi connectivity index (χ2v) is 6.46. The minimum atomic E-state index is -0.933. The molecule has 2 N–H and O–H groups in total. The Morgan fingerprint density at radius 3 is 2.76 bits per heavy atom. The van der Waals surface area contributed by atoms with Crippen molar-refractivity contribution in [1.82, 2.24) is 5.32 Å². The first-order chi connectivity index (χ1) is 12.1. The van der Waals surface area contributed by atoms with E-state index >= 15 is 0 Å². The molecule has 1 amide bonds. The van der Waals surface area contributed by atoms with Gasteiger partial charge in [0.25, 0.3) is 0 Å². The van der Waals surface area contributed by atoms with E-state index in [1.54, 1.807) is 0 Å². The maximum absolute atomic E-state index is 12.3. The highest BCUT2D eigenvalue weighted by molar-refractivity contribution is 5.87. The van der Waals surface area contributed by atoms with Crippen LogP contribution in [0.1, 0.15) is 43.7 Å². The van der Waals surface area contributed by atoms with Gasteiger partial charge >= 0.3 is 5.97 Å². The highest BCUT2D eigenvalue weighted by Gasteiger charge is 2.22. The summed E-state index contributed by atoms with van der Waals surface area (Å²) in [6, 6.07) is 13.0. The van der Waals surface area contributed by atoms with Crippen LogP contribution in [0.25, 0.3) is 10.8 Å². The minimum Gasteiger partial charge on any atom is -0.481 e. The Morgan fingerprint density at radius 1 is 1.20 bits per heavy atom. The Balaban J connectivity index is 1.74. The number of carbonyl (C=O) groups is 2. The fraction of sp³-hybridized carbons (Fsp3) is 0.400. The van der Waals surface area contributed by atoms with Gasteiger partial charge in [0, 0.05) is 13.0 Å². The van der Waals surface area contributed by atoms with Gasteiger partial charge in [-0.05, 0) is 35.6 Å². The molecular formula is C20H23NO4. The predicted octanol–water partition coefficient (Wildman–Crippen LogP) is 3.43. The van der Waals surface area contributed by atoms with Gasteiger partial charge in [-0.2, -0.15) is 0 Å². The number of hydrogen-bond donors (Lipinski definition) is 2. The molecule has 0 spiro atoms. The summed E-state index contributed by atoms with van der Waals surface area (Å²) >= 11 is 0. The van der Waals surface area contributed by atoms with Gasteiger partial charge in [0.1, 0.15) is 0 Å². The molecule has 1 heterocycles. The zero-order chi connectivity index (χ0) is 17.6. The molecule has 25 heavy (non-hydrogen) atoms. The second kappa shape index (κ2) is 8.12. The van der Waals surface area contributed by atoms with E-state index in [1.807, 2.05) is 42.5 Å². The largest absolute Gasteiger partial charge is 0.481 e. The monoisotopic (exact) mass is 341 g/mol. The zero-order valence-corrected chi connectivity index (χ0v) is 14.1. The van der Waals surface area contributed by atoms with Crippen molar-refractivity contribution in [3.63, 3.8) is 0 Å². The van der Waals surface area contributed by atoms with Crippen molar-refractivity contribution in [2.45, 2.75) is 44.2 Å². The SMILES string of the molecule is O=C(O)C[C@@H](NC(=O)CCC1CCCO1)c1cccc2ccccc12. The third kappa shape index (κ3) is 4.57. The number of carboxylic acid groups (broad SMARTS) is 1. The highest BCUT2D eigenvalue weighted by atomic mass is 16.5. The van der Waals surface area contributed by atoms with E-state index in [0.717, 1.165) is 35.8 Å². The van der Waals surface area contributed by atoms with Gasteiger partial charge in [-0.15, -0.1) is 0 Å². The number of benzene rings is 2. The van der Waals surface area contributed by atoms with Crippen LogP contribution in [0.15, 0.2) is 42.5 Å². The maximum atomic E-state index is 12.3. The van der Waals surface area contributed by atoms with Crippen LogP contribution < -0.4 is 5.32 Å². The lowest BCUT2D eigenvalue weighted by Crippen LogP contribution is -2.30. The average Bonchev–Trinajstić information content (AvgIpc) is 3.12. The van der Waals surface area contributed by atoms with Crippen LogP contribution in [0.2, 0.25) is 0 Å². The molecule has 1 unspecified atom stereocenters. The lowest BCUT2D eigenvalue weighted by atomic mass is 9.96. The third-order valence-electron chi connectivity index (χ3n) is 4.63. The van der Waals surface area contributed by atoms with E-state index in [4.69, 9.17) is 4.74 Å². The van der Waals surface area contributed by atoms with Gasteiger partial charge < -0.3 is 15.2 Å². The molecule has 5 heteroatoms. The number of hydrogen-bond acceptors (Lipinski definition) is 3. The quantitative estimate of drug-likeness (QED) is 0.809. The fourth-order valence-electron chi connectivity index (χ4n) is 3.40. The van der Waals surface area contributed by atoms with Crippen LogP contribution in [-0.4, -0.2) is 29.7 Å². The van der Waals surface area contributed by atoms with Crippen molar-refractivity contribution in [3.05, 3.63) is 48.0 Å². The number of carboxylic acids is 1. The standard InChI is InChI=1S/C20H23NO4/c22-19(11-10-15-7-4-12-25-15)21-18(13-20(23)24)17-9-3-6-14-5-1-2-8-16(14)17/h1-3,5-6,8-9,15,18H,4,7,10-13H2,(H,21,22)(H,23,24)/t15?,18-/m1/s1. The molecule has 3 rings (SSSR count). The number of rotatable bonds is 7. The van der Waals surface area contributed by atoms with E-state index < -0.39 is 12.0 Å². The first-order valence-electron chi connectivity index (χ1n) is 8.74. The second-order valence-electron chi connectivity index (χ2n) is 6.46. The number of fused-ring (bicyclic) bond motifs is 1. The first kappa shape index (κ1) is 17.4. The summed E-state index contributed by atoms with van der Waals surface area (Å²) in [5, 5.41) is 14.2. The maximum Gasteiger partial charge on any atom is 0.305 e. The Labute approximate surface area is 147 Å². The average molecular weight is 341 g/mol. The highest BCUT2D eigenvalue weighted by Crippen LogP contribution is 2.27. The summed E-state index contributed by atoms with van der Waals surface area (Å²) in [5.74, 6) is -1.06. The van der Waals surface area contributed by atoms with Crippen LogP contribution >= 0.6 is 0 Å². The molecule has 0 aromatic heterocycles. The van der Waals surface area contributed by atoms with Crippen molar-refractivity contribution < 1.29 is 19.4 Å². The zero-order valence-electron chi connectivity index (χ0n) is 14.1. The molecule has 1 fully saturated rings. The molecule has 1 saturated heterocycles. The lowest BCUT2D eigenvalue weighted by molar-refractivity contribution is -0.137. The third-order valence-corrected chi connectivity index (χ3v) is 4.63. The van der Waals surface area contributed by atoms with Gasteiger partial charge in [-0.25, -0.2) is 0 Å². The molecule has 0 aliphatic carbocycles. The molecule has 5 nitrogen and oxygen atoms in total. The molecule has 2 aromatic rings. The summed E-state index contributed by atoms with van der Waals surface area (Å²) < 4.78 is 5.54. The van der Waals surface area contributed by atoms with E-state index in [2.05, 4.69) is 5.32 Å². The molecule has 1 aliphatic heterocycles.